The Hall–Kier alpha value is -8.08. The van der Waals surface area contributed by atoms with E-state index in [-0.39, 0.29) is 6.71 Å². The van der Waals surface area contributed by atoms with Gasteiger partial charge in [0.25, 0.3) is 6.71 Å². The number of benzene rings is 10. The molecule has 62 heavy (non-hydrogen) atoms. The summed E-state index contributed by atoms with van der Waals surface area (Å²) in [6, 6.07) is 85.3. The zero-order valence-corrected chi connectivity index (χ0v) is 33.9. The van der Waals surface area contributed by atoms with Gasteiger partial charge in [-0.2, -0.15) is 0 Å². The van der Waals surface area contributed by atoms with Crippen LogP contribution in [0.25, 0.3) is 44.2 Å². The lowest BCUT2D eigenvalue weighted by molar-refractivity contribution is 0.487. The summed E-state index contributed by atoms with van der Waals surface area (Å²) in [4.78, 5) is 4.79. The minimum absolute atomic E-state index is 0.0691. The van der Waals surface area contributed by atoms with Crippen molar-refractivity contribution in [2.45, 2.75) is 0 Å². The van der Waals surface area contributed by atoms with Crippen LogP contribution in [0.2, 0.25) is 0 Å². The molecule has 0 aromatic heterocycles. The molecule has 0 radical (unpaired) electrons. The molecule has 0 unspecified atom stereocenters. The maximum atomic E-state index is 7.10. The monoisotopic (exact) mass is 790 g/mol. The lowest BCUT2D eigenvalue weighted by Gasteiger charge is -2.41. The lowest BCUT2D eigenvalue weighted by atomic mass is 9.34. The van der Waals surface area contributed by atoms with E-state index in [0.29, 0.717) is 0 Å². The smallest absolute Gasteiger partial charge is 0.256 e. The van der Waals surface area contributed by atoms with E-state index in [1.165, 1.54) is 55.1 Å². The van der Waals surface area contributed by atoms with Crippen molar-refractivity contribution < 1.29 is 4.74 Å². The van der Waals surface area contributed by atoms with Crippen LogP contribution in [-0.4, -0.2) is 6.71 Å². The maximum Gasteiger partial charge on any atom is 0.256 e. The normalized spacial score (nSPS) is 12.3. The molecule has 0 bridgehead atoms. The van der Waals surface area contributed by atoms with Gasteiger partial charge in [0.15, 0.2) is 0 Å². The van der Waals surface area contributed by atoms with Crippen molar-refractivity contribution >= 4 is 68.0 Å². The second-order valence-corrected chi connectivity index (χ2v) is 16.1. The predicted molar refractivity (Wildman–Crippen MR) is 261 cm³/mol. The molecule has 2 aliphatic rings. The Morgan fingerprint density at radius 1 is 0.355 bits per heavy atom. The SMILES string of the molecule is c1ccc(-c2ccc3c(c2)B2c4ccc(N(c5ccccc5)c5ccccc5)cc4Oc4cccc(c42)N3c2ccc(-c3ccccc3)cc2-c2cccc3ccccc23)cc1. The molecule has 0 amide bonds. The van der Waals surface area contributed by atoms with Crippen LogP contribution in [0.3, 0.4) is 0 Å². The third-order valence-electron chi connectivity index (χ3n) is 12.5. The molecule has 0 aliphatic carbocycles. The van der Waals surface area contributed by atoms with Crippen molar-refractivity contribution in [3.8, 4) is 44.9 Å². The van der Waals surface area contributed by atoms with Crippen LogP contribution in [0.15, 0.2) is 237 Å². The number of anilines is 6. The average molecular weight is 791 g/mol. The largest absolute Gasteiger partial charge is 0.458 e. The second kappa shape index (κ2) is 14.9. The van der Waals surface area contributed by atoms with E-state index in [1.54, 1.807) is 0 Å². The van der Waals surface area contributed by atoms with Crippen LogP contribution < -0.4 is 30.9 Å². The fourth-order valence-electron chi connectivity index (χ4n) is 9.70. The zero-order chi connectivity index (χ0) is 41.0. The standard InChI is InChI=1S/C58H39BN2O/c1-5-17-40(18-6-1)43-31-35-53(50(37-43)49-28-15-22-42-21-13-14-27-48(42)49)61-54-36-32-44(41-19-7-2-8-20-41)38-52(54)59-51-34-33-47(39-57(51)62-56-30-16-29-55(61)58(56)59)60(45-23-9-3-10-24-45)46-25-11-4-12-26-46/h1-39H. The van der Waals surface area contributed by atoms with Gasteiger partial charge < -0.3 is 14.5 Å². The fraction of sp³-hybridized carbons (Fsp3) is 0. The number of hydrogen-bond acceptors (Lipinski definition) is 3. The van der Waals surface area contributed by atoms with Gasteiger partial charge in [-0.05, 0) is 116 Å². The molecule has 290 valence electrons. The Bertz CT molecular complexity index is 3240. The quantitative estimate of drug-likeness (QED) is 0.150. The summed E-state index contributed by atoms with van der Waals surface area (Å²) in [5.74, 6) is 1.73. The average Bonchev–Trinajstić information content (AvgIpc) is 3.35. The molecule has 0 fully saturated rings. The molecule has 0 spiro atoms. The Kier molecular flexibility index (Phi) is 8.60. The first-order valence-corrected chi connectivity index (χ1v) is 21.3. The minimum atomic E-state index is -0.0691. The van der Waals surface area contributed by atoms with Crippen LogP contribution in [-0.2, 0) is 0 Å². The van der Waals surface area contributed by atoms with E-state index in [0.717, 1.165) is 51.1 Å². The molecule has 12 rings (SSSR count). The fourth-order valence-corrected chi connectivity index (χ4v) is 9.70. The van der Waals surface area contributed by atoms with Crippen molar-refractivity contribution in [2.24, 2.45) is 0 Å². The lowest BCUT2D eigenvalue weighted by Crippen LogP contribution is -2.59. The molecule has 2 heterocycles. The molecule has 0 atom stereocenters. The number of nitrogens with zero attached hydrogens (tertiary/aromatic N) is 2. The van der Waals surface area contributed by atoms with Crippen molar-refractivity contribution in [3.63, 3.8) is 0 Å². The van der Waals surface area contributed by atoms with Crippen molar-refractivity contribution in [1.29, 1.82) is 0 Å². The molecule has 0 N–H and O–H groups in total. The first-order chi connectivity index (χ1) is 30.8. The molecule has 3 nitrogen and oxygen atoms in total. The Morgan fingerprint density at radius 3 is 1.66 bits per heavy atom. The Balaban J connectivity index is 1.09. The maximum absolute atomic E-state index is 7.10. The highest BCUT2D eigenvalue weighted by Crippen LogP contribution is 2.47. The highest BCUT2D eigenvalue weighted by molar-refractivity contribution is 6.99. The number of rotatable bonds is 7. The van der Waals surface area contributed by atoms with Crippen molar-refractivity contribution in [2.75, 3.05) is 9.80 Å². The summed E-state index contributed by atoms with van der Waals surface area (Å²) < 4.78 is 7.10. The van der Waals surface area contributed by atoms with Gasteiger partial charge in [0.1, 0.15) is 11.5 Å². The number of ether oxygens (including phenoxy) is 1. The van der Waals surface area contributed by atoms with Gasteiger partial charge in [-0.25, -0.2) is 0 Å². The molecule has 4 heteroatoms. The van der Waals surface area contributed by atoms with Gasteiger partial charge in [0, 0.05) is 40.1 Å². The molecule has 2 aliphatic heterocycles. The Morgan fingerprint density at radius 2 is 0.952 bits per heavy atom. The summed E-state index contributed by atoms with van der Waals surface area (Å²) in [5, 5.41) is 2.44. The summed E-state index contributed by atoms with van der Waals surface area (Å²) in [6.07, 6.45) is 0. The number of para-hydroxylation sites is 2. The molecule has 10 aromatic carbocycles. The van der Waals surface area contributed by atoms with Gasteiger partial charge in [-0.1, -0.05) is 170 Å². The van der Waals surface area contributed by atoms with E-state index in [4.69, 9.17) is 4.74 Å². The predicted octanol–water partition coefficient (Wildman–Crippen LogP) is 13.7. The van der Waals surface area contributed by atoms with Crippen LogP contribution in [0, 0.1) is 0 Å². The first kappa shape index (κ1) is 35.8. The van der Waals surface area contributed by atoms with Gasteiger partial charge in [-0.15, -0.1) is 0 Å². The first-order valence-electron chi connectivity index (χ1n) is 21.3. The Labute approximate surface area is 362 Å². The molecular weight excluding hydrogens is 751 g/mol. The van der Waals surface area contributed by atoms with Crippen molar-refractivity contribution in [1.82, 2.24) is 0 Å². The minimum Gasteiger partial charge on any atom is -0.458 e. The summed E-state index contributed by atoms with van der Waals surface area (Å²) in [5.41, 5.74) is 17.2. The third-order valence-corrected chi connectivity index (χ3v) is 12.5. The van der Waals surface area contributed by atoms with E-state index in [2.05, 4.69) is 246 Å². The van der Waals surface area contributed by atoms with Crippen LogP contribution in [0.5, 0.6) is 11.5 Å². The summed E-state index contributed by atoms with van der Waals surface area (Å²) in [6.45, 7) is -0.0691. The highest BCUT2D eigenvalue weighted by Gasteiger charge is 2.42. The van der Waals surface area contributed by atoms with E-state index < -0.39 is 0 Å². The van der Waals surface area contributed by atoms with Crippen LogP contribution in [0.4, 0.5) is 34.1 Å². The molecule has 0 saturated heterocycles. The van der Waals surface area contributed by atoms with E-state index in [1.807, 2.05) is 0 Å². The number of fused-ring (bicyclic) bond motifs is 5. The number of hydrogen-bond donors (Lipinski definition) is 0. The van der Waals surface area contributed by atoms with Gasteiger partial charge >= 0.3 is 0 Å². The molecular formula is C58H39BN2O. The zero-order valence-electron chi connectivity index (χ0n) is 33.9. The van der Waals surface area contributed by atoms with E-state index in [9.17, 15) is 0 Å². The van der Waals surface area contributed by atoms with Gasteiger partial charge in [0.05, 0.1) is 5.69 Å². The van der Waals surface area contributed by atoms with Crippen LogP contribution >= 0.6 is 0 Å². The summed E-state index contributed by atoms with van der Waals surface area (Å²) in [7, 11) is 0. The second-order valence-electron chi connectivity index (χ2n) is 16.1. The van der Waals surface area contributed by atoms with Gasteiger partial charge in [0.2, 0.25) is 0 Å². The molecule has 0 saturated carbocycles. The topological polar surface area (TPSA) is 15.7 Å². The molecule has 10 aromatic rings. The van der Waals surface area contributed by atoms with Crippen molar-refractivity contribution in [3.05, 3.63) is 237 Å². The van der Waals surface area contributed by atoms with Gasteiger partial charge in [-0.3, -0.25) is 0 Å². The third kappa shape index (κ3) is 5.99. The highest BCUT2D eigenvalue weighted by atomic mass is 16.5. The summed E-state index contributed by atoms with van der Waals surface area (Å²) >= 11 is 0. The van der Waals surface area contributed by atoms with Crippen LogP contribution in [0.1, 0.15) is 0 Å². The van der Waals surface area contributed by atoms with E-state index >= 15 is 0 Å².